The topological polar surface area (TPSA) is 101 Å². The van der Waals surface area contributed by atoms with Gasteiger partial charge in [-0.25, -0.2) is 0 Å². The summed E-state index contributed by atoms with van der Waals surface area (Å²) in [6.07, 6.45) is -0.224. The van der Waals surface area contributed by atoms with Gasteiger partial charge < -0.3 is 20.2 Å². The average molecular weight is 219 g/mol. The molecule has 0 aliphatic rings. The second-order valence-corrected chi connectivity index (χ2v) is 1.88. The molecule has 0 aliphatic carbocycles. The normalized spacial score (nSPS) is 9.62. The van der Waals surface area contributed by atoms with Crippen molar-refractivity contribution in [2.45, 2.75) is 18.9 Å². The molecule has 0 fully saturated rings. The molecule has 0 spiro atoms. The van der Waals surface area contributed by atoms with Gasteiger partial charge in [0.2, 0.25) is 0 Å². The van der Waals surface area contributed by atoms with Crippen LogP contribution in [0.15, 0.2) is 0 Å². The molecule has 0 bridgehead atoms. The Bertz CT molecular complexity index is 166. The molecule has 0 saturated carbocycles. The summed E-state index contributed by atoms with van der Waals surface area (Å²) >= 11 is 0. The molecule has 0 aromatic heterocycles. The van der Waals surface area contributed by atoms with Crippen LogP contribution in [-0.2, 0) is 9.59 Å². The molecule has 0 aliphatic heterocycles. The molecule has 13 heavy (non-hydrogen) atoms. The van der Waals surface area contributed by atoms with Crippen LogP contribution in [0.3, 0.4) is 0 Å². The molecule has 0 aromatic rings. The monoisotopic (exact) mass is 219 g/mol. The molecule has 8 heteroatoms. The summed E-state index contributed by atoms with van der Waals surface area (Å²) in [6.45, 7) is 0. The van der Waals surface area contributed by atoms with Crippen molar-refractivity contribution in [1.29, 1.82) is 0 Å². The van der Waals surface area contributed by atoms with Crippen LogP contribution in [0, 0.1) is 0 Å². The maximum Gasteiger partial charge on any atom is 1.00 e. The first-order valence-corrected chi connectivity index (χ1v) is 2.74. The fourth-order valence-electron chi connectivity index (χ4n) is 0.402. The molecule has 0 rings (SSSR count). The second kappa shape index (κ2) is 13.9. The number of nitrogens with two attached hydrogens (primary N) is 1. The molecule has 64 valence electrons. The van der Waals surface area contributed by atoms with Crippen LogP contribution in [0.25, 0.3) is 0 Å². The standard InChI is InChI=1S/C5H9NO4.3Na.3H/c6-3(5(9)10)1-2-4(7)8;;;;;;/h3H,1-2,6H2,(H,7,8)(H,9,10);;;;;;/q;3*+1;3*-1. The Morgan fingerprint density at radius 3 is 1.85 bits per heavy atom. The van der Waals surface area contributed by atoms with Crippen molar-refractivity contribution in [3.63, 3.8) is 0 Å². The van der Waals surface area contributed by atoms with Gasteiger partial charge in [-0.05, 0) is 6.42 Å². The van der Waals surface area contributed by atoms with Crippen LogP contribution >= 0.6 is 0 Å². The van der Waals surface area contributed by atoms with Crippen molar-refractivity contribution < 1.29 is 113 Å². The van der Waals surface area contributed by atoms with E-state index in [1.165, 1.54) is 0 Å². The number of carbonyl (C=O) groups is 2. The van der Waals surface area contributed by atoms with Crippen molar-refractivity contribution in [1.82, 2.24) is 0 Å². The summed E-state index contributed by atoms with van der Waals surface area (Å²) in [5.41, 5.74) is 5.00. The molecular weight excluding hydrogens is 207 g/mol. The molecule has 0 aromatic carbocycles. The van der Waals surface area contributed by atoms with Gasteiger partial charge in [0, 0.05) is 6.42 Å². The summed E-state index contributed by atoms with van der Waals surface area (Å²) in [5, 5.41) is 16.3. The van der Waals surface area contributed by atoms with E-state index < -0.39 is 18.0 Å². The van der Waals surface area contributed by atoms with E-state index in [4.69, 9.17) is 15.9 Å². The molecular formula is C5H12NNa3O4. The molecule has 0 radical (unpaired) electrons. The van der Waals surface area contributed by atoms with Crippen molar-refractivity contribution in [2.75, 3.05) is 0 Å². The number of rotatable bonds is 4. The Balaban J connectivity index is -0.0000000270. The van der Waals surface area contributed by atoms with Crippen LogP contribution in [0.1, 0.15) is 17.1 Å². The van der Waals surface area contributed by atoms with Crippen molar-refractivity contribution >= 4 is 11.9 Å². The predicted molar refractivity (Wildman–Crippen MR) is 35.8 cm³/mol. The van der Waals surface area contributed by atoms with E-state index in [9.17, 15) is 9.59 Å². The van der Waals surface area contributed by atoms with Crippen LogP contribution in [-0.4, -0.2) is 28.2 Å². The number of hydrogen-bond acceptors (Lipinski definition) is 3. The van der Waals surface area contributed by atoms with Gasteiger partial charge in [0.05, 0.1) is 0 Å². The van der Waals surface area contributed by atoms with Crippen molar-refractivity contribution in [3.8, 4) is 0 Å². The van der Waals surface area contributed by atoms with E-state index in [1.54, 1.807) is 0 Å². The number of hydrogen-bond donors (Lipinski definition) is 3. The van der Waals surface area contributed by atoms with Crippen molar-refractivity contribution in [3.05, 3.63) is 0 Å². The Labute approximate surface area is 147 Å². The number of carboxylic acid groups (broad SMARTS) is 2. The third-order valence-corrected chi connectivity index (χ3v) is 0.986. The van der Waals surface area contributed by atoms with Crippen LogP contribution in [0.4, 0.5) is 0 Å². The molecule has 4 N–H and O–H groups in total. The smallest absolute Gasteiger partial charge is 1.00 e. The van der Waals surface area contributed by atoms with Gasteiger partial charge in [-0.1, -0.05) is 0 Å². The van der Waals surface area contributed by atoms with Crippen LogP contribution < -0.4 is 94.4 Å². The third-order valence-electron chi connectivity index (χ3n) is 0.986. The van der Waals surface area contributed by atoms with Crippen LogP contribution in [0.5, 0.6) is 0 Å². The summed E-state index contributed by atoms with van der Waals surface area (Å²) < 4.78 is 0. The molecule has 0 saturated heterocycles. The van der Waals surface area contributed by atoms with Crippen molar-refractivity contribution in [2.24, 2.45) is 5.73 Å². The maximum atomic E-state index is 9.99. The molecule has 0 heterocycles. The van der Waals surface area contributed by atoms with Gasteiger partial charge >= 0.3 is 101 Å². The van der Waals surface area contributed by atoms with E-state index in [2.05, 4.69) is 0 Å². The summed E-state index contributed by atoms with van der Waals surface area (Å²) in [5.74, 6) is -2.20. The summed E-state index contributed by atoms with van der Waals surface area (Å²) in [7, 11) is 0. The van der Waals surface area contributed by atoms with E-state index in [0.29, 0.717) is 0 Å². The Morgan fingerprint density at radius 2 is 1.62 bits per heavy atom. The first kappa shape index (κ1) is 24.2. The summed E-state index contributed by atoms with van der Waals surface area (Å²) in [6, 6.07) is -1.06. The Hall–Kier alpha value is 1.90. The summed E-state index contributed by atoms with van der Waals surface area (Å²) in [4.78, 5) is 19.9. The van der Waals surface area contributed by atoms with Crippen LogP contribution in [0.2, 0.25) is 0 Å². The minimum absolute atomic E-state index is 0. The van der Waals surface area contributed by atoms with E-state index in [1.807, 2.05) is 0 Å². The predicted octanol–water partition coefficient (Wildman–Crippen LogP) is -9.39. The Morgan fingerprint density at radius 1 is 1.23 bits per heavy atom. The zero-order chi connectivity index (χ0) is 8.15. The van der Waals surface area contributed by atoms with E-state index in [0.717, 1.165) is 0 Å². The van der Waals surface area contributed by atoms with E-state index >= 15 is 0 Å². The first-order chi connectivity index (χ1) is 4.54. The number of carboxylic acids is 2. The Kier molecular flexibility index (Phi) is 25.9. The van der Waals surface area contributed by atoms with Gasteiger partial charge in [0.1, 0.15) is 6.04 Å². The fourth-order valence-corrected chi connectivity index (χ4v) is 0.402. The molecule has 1 atom stereocenters. The second-order valence-electron chi connectivity index (χ2n) is 1.88. The quantitative estimate of drug-likeness (QED) is 0.408. The zero-order valence-electron chi connectivity index (χ0n) is 11.3. The first-order valence-electron chi connectivity index (χ1n) is 2.74. The van der Waals surface area contributed by atoms with Gasteiger partial charge in [-0.15, -0.1) is 0 Å². The SMILES string of the molecule is NC(CCC(=O)O)C(=O)O.[H-].[H-].[H-].[Na+].[Na+].[Na+]. The largest absolute Gasteiger partial charge is 1.00 e. The van der Waals surface area contributed by atoms with Gasteiger partial charge in [-0.2, -0.15) is 0 Å². The zero-order valence-corrected chi connectivity index (χ0v) is 14.3. The third kappa shape index (κ3) is 16.6. The average Bonchev–Trinajstić information content (AvgIpc) is 1.82. The minimum Gasteiger partial charge on any atom is -1.00 e. The van der Waals surface area contributed by atoms with Gasteiger partial charge in [0.25, 0.3) is 0 Å². The number of aliphatic carboxylic acids is 2. The fraction of sp³-hybridized carbons (Fsp3) is 0.600. The molecule has 5 nitrogen and oxygen atoms in total. The maximum absolute atomic E-state index is 9.99. The molecule has 0 amide bonds. The molecule has 1 unspecified atom stereocenters. The van der Waals surface area contributed by atoms with Gasteiger partial charge in [-0.3, -0.25) is 9.59 Å². The van der Waals surface area contributed by atoms with Gasteiger partial charge in [0.15, 0.2) is 0 Å². The van der Waals surface area contributed by atoms with E-state index in [-0.39, 0.29) is 106 Å². The minimum atomic E-state index is -1.17.